The van der Waals surface area contributed by atoms with E-state index in [1.54, 1.807) is 18.2 Å². The highest BCUT2D eigenvalue weighted by atomic mass is 35.5. The maximum absolute atomic E-state index is 12.3. The first-order chi connectivity index (χ1) is 12.1. The largest absolute Gasteiger partial charge is 0.508 e. The van der Waals surface area contributed by atoms with Gasteiger partial charge in [0.2, 0.25) is 5.91 Å². The first-order valence-corrected chi connectivity index (χ1v) is 8.96. The van der Waals surface area contributed by atoms with Gasteiger partial charge in [-0.05, 0) is 30.8 Å². The Morgan fingerprint density at radius 2 is 1.76 bits per heavy atom. The number of hydrogen-bond donors (Lipinski definition) is 2. The number of rotatable bonds is 8. The van der Waals surface area contributed by atoms with Gasteiger partial charge in [-0.25, -0.2) is 0 Å². The molecule has 0 aliphatic rings. The number of likely N-dealkylation sites (N-methyl/N-ethyl adjacent to an activating group) is 1. The fourth-order valence-corrected chi connectivity index (χ4v) is 3.21. The second-order valence-corrected chi connectivity index (χ2v) is 6.28. The van der Waals surface area contributed by atoms with Gasteiger partial charge in [0.25, 0.3) is 0 Å². The number of benzene rings is 2. The van der Waals surface area contributed by atoms with Crippen LogP contribution >= 0.6 is 11.6 Å². The zero-order valence-electron chi connectivity index (χ0n) is 14.7. The molecule has 0 heterocycles. The van der Waals surface area contributed by atoms with Crippen LogP contribution in [-0.2, 0) is 11.2 Å². The number of phenols is 1. The number of amides is 1. The van der Waals surface area contributed by atoms with Crippen LogP contribution in [-0.4, -0.2) is 35.5 Å². The molecule has 1 amide bonds. The molecule has 2 N–H and O–H groups in total. The highest BCUT2D eigenvalue weighted by Gasteiger charge is 2.21. The number of carbonyl (C=O) groups is 1. The van der Waals surface area contributed by atoms with Crippen molar-refractivity contribution in [1.29, 1.82) is 0 Å². The fourth-order valence-electron chi connectivity index (χ4n) is 2.95. The van der Waals surface area contributed by atoms with Crippen molar-refractivity contribution in [3.05, 3.63) is 64.7 Å². The van der Waals surface area contributed by atoms with E-state index in [0.29, 0.717) is 17.1 Å². The molecule has 1 unspecified atom stereocenters. The number of phenolic OH excluding ortho intramolecular Hbond substituents is 1. The molecule has 1 atom stereocenters. The molecule has 0 spiro atoms. The first kappa shape index (κ1) is 19.3. The normalized spacial score (nSPS) is 12.2. The van der Waals surface area contributed by atoms with Crippen molar-refractivity contribution in [3.63, 3.8) is 0 Å². The molecule has 0 bridgehead atoms. The minimum atomic E-state index is -0.120. The van der Waals surface area contributed by atoms with Crippen LogP contribution in [0.3, 0.4) is 0 Å². The van der Waals surface area contributed by atoms with Crippen LogP contribution in [0.2, 0.25) is 5.02 Å². The number of halogens is 1. The Morgan fingerprint density at radius 1 is 1.12 bits per heavy atom. The summed E-state index contributed by atoms with van der Waals surface area (Å²) in [5.41, 5.74) is 1.63. The van der Waals surface area contributed by atoms with E-state index < -0.39 is 0 Å². The highest BCUT2D eigenvalue weighted by molar-refractivity contribution is 6.31. The SMILES string of the molecule is CCN(CC)C(CNC(=O)Cc1ccccc1O)c1ccccc1Cl. The second-order valence-electron chi connectivity index (χ2n) is 5.87. The molecule has 0 radical (unpaired) electrons. The topological polar surface area (TPSA) is 52.6 Å². The number of nitrogens with zero attached hydrogens (tertiary/aromatic N) is 1. The summed E-state index contributed by atoms with van der Waals surface area (Å²) in [6.07, 6.45) is 0.153. The Morgan fingerprint density at radius 3 is 2.40 bits per heavy atom. The molecular formula is C20H25ClN2O2. The zero-order chi connectivity index (χ0) is 18.2. The van der Waals surface area contributed by atoms with Crippen molar-refractivity contribution in [2.45, 2.75) is 26.3 Å². The molecule has 0 aromatic heterocycles. The van der Waals surface area contributed by atoms with E-state index in [9.17, 15) is 9.90 Å². The van der Waals surface area contributed by atoms with Gasteiger partial charge < -0.3 is 10.4 Å². The molecule has 5 heteroatoms. The van der Waals surface area contributed by atoms with Gasteiger partial charge in [-0.2, -0.15) is 0 Å². The molecule has 0 saturated carbocycles. The Balaban J connectivity index is 2.08. The van der Waals surface area contributed by atoms with E-state index in [4.69, 9.17) is 11.6 Å². The van der Waals surface area contributed by atoms with Crippen molar-refractivity contribution in [2.75, 3.05) is 19.6 Å². The van der Waals surface area contributed by atoms with Gasteiger partial charge in [0, 0.05) is 17.1 Å². The van der Waals surface area contributed by atoms with Crippen LogP contribution in [0.4, 0.5) is 0 Å². The third kappa shape index (κ3) is 5.21. The lowest BCUT2D eigenvalue weighted by atomic mass is 10.0. The number of hydrogen-bond acceptors (Lipinski definition) is 3. The Kier molecular flexibility index (Phi) is 7.29. The van der Waals surface area contributed by atoms with Gasteiger partial charge in [0.15, 0.2) is 0 Å². The van der Waals surface area contributed by atoms with Crippen molar-refractivity contribution < 1.29 is 9.90 Å². The maximum Gasteiger partial charge on any atom is 0.224 e. The van der Waals surface area contributed by atoms with Crippen LogP contribution in [0.25, 0.3) is 0 Å². The van der Waals surface area contributed by atoms with E-state index in [0.717, 1.165) is 18.7 Å². The number of para-hydroxylation sites is 1. The standard InChI is InChI=1S/C20H25ClN2O2/c1-3-23(4-2)18(16-10-6-7-11-17(16)21)14-22-20(25)13-15-9-5-8-12-19(15)24/h5-12,18,24H,3-4,13-14H2,1-2H3,(H,22,25). The smallest absolute Gasteiger partial charge is 0.224 e. The third-order valence-electron chi connectivity index (χ3n) is 4.35. The third-order valence-corrected chi connectivity index (χ3v) is 4.70. The minimum Gasteiger partial charge on any atom is -0.508 e. The molecular weight excluding hydrogens is 336 g/mol. The number of aromatic hydroxyl groups is 1. The lowest BCUT2D eigenvalue weighted by molar-refractivity contribution is -0.120. The molecule has 2 aromatic rings. The van der Waals surface area contributed by atoms with Crippen LogP contribution in [0.1, 0.15) is 31.0 Å². The van der Waals surface area contributed by atoms with Crippen molar-refractivity contribution >= 4 is 17.5 Å². The minimum absolute atomic E-state index is 0.0111. The van der Waals surface area contributed by atoms with Crippen LogP contribution in [0.5, 0.6) is 5.75 Å². The maximum atomic E-state index is 12.3. The van der Waals surface area contributed by atoms with E-state index in [1.165, 1.54) is 0 Å². The predicted octanol–water partition coefficient (Wildman–Crippen LogP) is 3.79. The first-order valence-electron chi connectivity index (χ1n) is 8.58. The van der Waals surface area contributed by atoms with Crippen LogP contribution in [0.15, 0.2) is 48.5 Å². The summed E-state index contributed by atoms with van der Waals surface area (Å²) in [4.78, 5) is 14.6. The van der Waals surface area contributed by atoms with Crippen LogP contribution < -0.4 is 5.32 Å². The molecule has 134 valence electrons. The molecule has 0 saturated heterocycles. The number of carbonyl (C=O) groups excluding carboxylic acids is 1. The van der Waals surface area contributed by atoms with E-state index >= 15 is 0 Å². The van der Waals surface area contributed by atoms with Gasteiger partial charge in [-0.3, -0.25) is 9.69 Å². The average Bonchev–Trinajstić information content (AvgIpc) is 2.61. The van der Waals surface area contributed by atoms with E-state index in [-0.39, 0.29) is 24.1 Å². The quantitative estimate of drug-likeness (QED) is 0.753. The van der Waals surface area contributed by atoms with E-state index in [1.807, 2.05) is 30.3 Å². The lowest BCUT2D eigenvalue weighted by Gasteiger charge is -2.31. The van der Waals surface area contributed by atoms with Gasteiger partial charge in [0.05, 0.1) is 12.5 Å². The van der Waals surface area contributed by atoms with Gasteiger partial charge in [-0.1, -0.05) is 61.8 Å². The highest BCUT2D eigenvalue weighted by Crippen LogP contribution is 2.27. The van der Waals surface area contributed by atoms with E-state index in [2.05, 4.69) is 24.1 Å². The fraction of sp³-hybridized carbons (Fsp3) is 0.350. The summed E-state index contributed by atoms with van der Waals surface area (Å²) in [6, 6.07) is 14.6. The second kappa shape index (κ2) is 9.44. The summed E-state index contributed by atoms with van der Waals surface area (Å²) in [6.45, 7) is 6.38. The van der Waals surface area contributed by atoms with Crippen molar-refractivity contribution in [3.8, 4) is 5.75 Å². The Hall–Kier alpha value is -2.04. The molecule has 2 rings (SSSR count). The monoisotopic (exact) mass is 360 g/mol. The molecule has 0 aliphatic carbocycles. The zero-order valence-corrected chi connectivity index (χ0v) is 15.5. The predicted molar refractivity (Wildman–Crippen MR) is 102 cm³/mol. The van der Waals surface area contributed by atoms with Gasteiger partial charge in [0.1, 0.15) is 5.75 Å². The molecule has 4 nitrogen and oxygen atoms in total. The Bertz CT molecular complexity index is 702. The van der Waals surface area contributed by atoms with Gasteiger partial charge in [-0.15, -0.1) is 0 Å². The molecule has 25 heavy (non-hydrogen) atoms. The van der Waals surface area contributed by atoms with Gasteiger partial charge >= 0.3 is 0 Å². The Labute approximate surface area is 154 Å². The molecule has 0 fully saturated rings. The summed E-state index contributed by atoms with van der Waals surface area (Å²) < 4.78 is 0. The summed E-state index contributed by atoms with van der Waals surface area (Å²) in [5.74, 6) is 0.0229. The summed E-state index contributed by atoms with van der Waals surface area (Å²) in [7, 11) is 0. The van der Waals surface area contributed by atoms with Crippen molar-refractivity contribution in [2.24, 2.45) is 0 Å². The summed E-state index contributed by atoms with van der Waals surface area (Å²) in [5, 5.41) is 13.5. The number of nitrogens with one attached hydrogen (secondary N) is 1. The molecule has 0 aliphatic heterocycles. The molecule has 2 aromatic carbocycles. The lowest BCUT2D eigenvalue weighted by Crippen LogP contribution is -2.38. The van der Waals surface area contributed by atoms with Crippen molar-refractivity contribution in [1.82, 2.24) is 10.2 Å². The summed E-state index contributed by atoms with van der Waals surface area (Å²) >= 11 is 6.37. The van der Waals surface area contributed by atoms with Crippen LogP contribution in [0, 0.1) is 0 Å². The average molecular weight is 361 g/mol.